The van der Waals surface area contributed by atoms with Crippen LogP contribution >= 0.6 is 0 Å². The van der Waals surface area contributed by atoms with Crippen LogP contribution in [0.25, 0.3) is 10.9 Å². The van der Waals surface area contributed by atoms with Crippen LogP contribution in [0.1, 0.15) is 37.5 Å². The maximum Gasteiger partial charge on any atom is 0.410 e. The first-order valence-electron chi connectivity index (χ1n) is 13.9. The molecule has 1 aromatic heterocycles. The molecular weight excluding hydrogens is 512 g/mol. The van der Waals surface area contributed by atoms with E-state index in [1.807, 2.05) is 112 Å². The van der Waals surface area contributed by atoms with Gasteiger partial charge in [0.25, 0.3) is 0 Å². The van der Waals surface area contributed by atoms with Crippen molar-refractivity contribution >= 4 is 17.0 Å². The third kappa shape index (κ3) is 7.92. The van der Waals surface area contributed by atoms with Gasteiger partial charge in [-0.3, -0.25) is 0 Å². The second-order valence-electron chi connectivity index (χ2n) is 11.0. The van der Waals surface area contributed by atoms with Gasteiger partial charge in [-0.2, -0.15) is 0 Å². The highest BCUT2D eigenvalue weighted by atomic mass is 16.6. The molecule has 0 bridgehead atoms. The molecule has 0 saturated heterocycles. The van der Waals surface area contributed by atoms with E-state index in [9.17, 15) is 4.79 Å². The smallest absolute Gasteiger partial charge is 0.410 e. The van der Waals surface area contributed by atoms with E-state index in [4.69, 9.17) is 14.2 Å². The Hall–Kier alpha value is -4.71. The minimum atomic E-state index is -0.598. The molecule has 4 aromatic carbocycles. The number of carbonyl (C=O) groups excluding carboxylic acids is 1. The van der Waals surface area contributed by atoms with Gasteiger partial charge in [0.05, 0.1) is 0 Å². The molecule has 5 rings (SSSR count). The lowest BCUT2D eigenvalue weighted by Gasteiger charge is -2.27. The van der Waals surface area contributed by atoms with E-state index in [1.54, 1.807) is 4.90 Å². The standard InChI is InChI=1S/C35H36N2O4/c1-35(2,3)41-34(38)37(24-27-13-10-16-31(21-27)40-29-14-8-5-9-15-29)20-19-28-23-36-33-18-17-30(22-32(28)33)39-25-26-11-6-4-7-12-26/h4-18,21-23,36H,19-20,24-25H2,1-3H3. The van der Waals surface area contributed by atoms with Crippen LogP contribution < -0.4 is 9.47 Å². The number of ether oxygens (including phenoxy) is 3. The van der Waals surface area contributed by atoms with Gasteiger partial charge in [0.2, 0.25) is 0 Å². The number of aromatic nitrogens is 1. The number of hydrogen-bond acceptors (Lipinski definition) is 4. The molecule has 6 heteroatoms. The van der Waals surface area contributed by atoms with Gasteiger partial charge in [0, 0.05) is 30.2 Å². The number of hydrogen-bond donors (Lipinski definition) is 1. The summed E-state index contributed by atoms with van der Waals surface area (Å²) in [7, 11) is 0. The normalized spacial score (nSPS) is 11.3. The number of nitrogens with one attached hydrogen (secondary N) is 1. The molecule has 6 nitrogen and oxygen atoms in total. The summed E-state index contributed by atoms with van der Waals surface area (Å²) in [6, 6.07) is 33.7. The zero-order chi connectivity index (χ0) is 28.7. The van der Waals surface area contributed by atoms with Crippen molar-refractivity contribution in [2.24, 2.45) is 0 Å². The molecule has 1 N–H and O–H groups in total. The first-order chi connectivity index (χ1) is 19.8. The van der Waals surface area contributed by atoms with E-state index in [0.717, 1.165) is 44.8 Å². The van der Waals surface area contributed by atoms with Crippen LogP contribution in [0.3, 0.4) is 0 Å². The summed E-state index contributed by atoms with van der Waals surface area (Å²) in [4.78, 5) is 18.4. The fourth-order valence-electron chi connectivity index (χ4n) is 4.56. The summed E-state index contributed by atoms with van der Waals surface area (Å²) in [5.41, 5.74) is 3.62. The van der Waals surface area contributed by atoms with Crippen molar-refractivity contribution in [2.45, 2.75) is 45.9 Å². The number of amides is 1. The van der Waals surface area contributed by atoms with Gasteiger partial charge in [-0.1, -0.05) is 60.7 Å². The number of H-pyrrole nitrogens is 1. The maximum absolute atomic E-state index is 13.3. The largest absolute Gasteiger partial charge is 0.489 e. The molecule has 0 aliphatic heterocycles. The quantitative estimate of drug-likeness (QED) is 0.190. The number of nitrogens with zero attached hydrogens (tertiary/aromatic N) is 1. The number of para-hydroxylation sites is 1. The molecule has 0 aliphatic rings. The number of carbonyl (C=O) groups is 1. The molecule has 0 aliphatic carbocycles. The van der Waals surface area contributed by atoms with Crippen molar-refractivity contribution in [3.8, 4) is 17.2 Å². The van der Waals surface area contributed by atoms with Crippen LogP contribution in [0.15, 0.2) is 109 Å². The van der Waals surface area contributed by atoms with Gasteiger partial charge in [-0.15, -0.1) is 0 Å². The molecule has 0 radical (unpaired) electrons. The Morgan fingerprint density at radius 1 is 0.780 bits per heavy atom. The average Bonchev–Trinajstić information content (AvgIpc) is 3.36. The van der Waals surface area contributed by atoms with Crippen LogP contribution in [0.5, 0.6) is 17.2 Å². The predicted octanol–water partition coefficient (Wildman–Crippen LogP) is 8.52. The van der Waals surface area contributed by atoms with Gasteiger partial charge in [0.15, 0.2) is 0 Å². The van der Waals surface area contributed by atoms with Crippen LogP contribution in [0.2, 0.25) is 0 Å². The predicted molar refractivity (Wildman–Crippen MR) is 162 cm³/mol. The molecule has 1 amide bonds. The lowest BCUT2D eigenvalue weighted by Crippen LogP contribution is -2.37. The van der Waals surface area contributed by atoms with Crippen molar-refractivity contribution in [3.05, 3.63) is 126 Å². The third-order valence-electron chi connectivity index (χ3n) is 6.54. The summed E-state index contributed by atoms with van der Waals surface area (Å²) in [6.07, 6.45) is 2.31. The molecule has 0 spiro atoms. The van der Waals surface area contributed by atoms with E-state index in [1.165, 1.54) is 0 Å². The third-order valence-corrected chi connectivity index (χ3v) is 6.54. The minimum absolute atomic E-state index is 0.349. The summed E-state index contributed by atoms with van der Waals surface area (Å²) in [5.74, 6) is 2.29. The van der Waals surface area contributed by atoms with Gasteiger partial charge < -0.3 is 24.1 Å². The zero-order valence-electron chi connectivity index (χ0n) is 23.8. The van der Waals surface area contributed by atoms with Crippen LogP contribution in [0, 0.1) is 0 Å². The molecule has 0 fully saturated rings. The lowest BCUT2D eigenvalue weighted by molar-refractivity contribution is 0.0236. The Morgan fingerprint density at radius 3 is 2.24 bits per heavy atom. The van der Waals surface area contributed by atoms with Crippen LogP contribution in [-0.4, -0.2) is 28.1 Å². The molecule has 210 valence electrons. The minimum Gasteiger partial charge on any atom is -0.489 e. The Kier molecular flexibility index (Phi) is 8.59. The van der Waals surface area contributed by atoms with E-state index in [2.05, 4.69) is 23.2 Å². The molecular formula is C35H36N2O4. The van der Waals surface area contributed by atoms with E-state index in [-0.39, 0.29) is 6.09 Å². The molecule has 1 heterocycles. The molecule has 5 aromatic rings. The van der Waals surface area contributed by atoms with Gasteiger partial charge in [0.1, 0.15) is 29.5 Å². The summed E-state index contributed by atoms with van der Waals surface area (Å²) < 4.78 is 17.9. The van der Waals surface area contributed by atoms with Gasteiger partial charge in [-0.05, 0) is 86.3 Å². The summed E-state index contributed by atoms with van der Waals surface area (Å²) in [5, 5.41) is 1.08. The van der Waals surface area contributed by atoms with E-state index < -0.39 is 5.60 Å². The van der Waals surface area contributed by atoms with E-state index in [0.29, 0.717) is 26.1 Å². The summed E-state index contributed by atoms with van der Waals surface area (Å²) >= 11 is 0. The first-order valence-corrected chi connectivity index (χ1v) is 13.9. The van der Waals surface area contributed by atoms with Crippen molar-refractivity contribution < 1.29 is 19.0 Å². The number of benzene rings is 4. The number of rotatable bonds is 10. The summed E-state index contributed by atoms with van der Waals surface area (Å²) in [6.45, 7) is 7.04. The second kappa shape index (κ2) is 12.6. The van der Waals surface area contributed by atoms with Crippen LogP contribution in [0.4, 0.5) is 4.79 Å². The monoisotopic (exact) mass is 548 g/mol. The Labute approximate surface area is 241 Å². The lowest BCUT2D eigenvalue weighted by atomic mass is 10.1. The Morgan fingerprint density at radius 2 is 1.49 bits per heavy atom. The topological polar surface area (TPSA) is 63.8 Å². The highest BCUT2D eigenvalue weighted by molar-refractivity contribution is 5.84. The van der Waals surface area contributed by atoms with Crippen molar-refractivity contribution in [1.29, 1.82) is 0 Å². The molecule has 0 atom stereocenters. The number of aromatic amines is 1. The Bertz CT molecular complexity index is 1570. The zero-order valence-corrected chi connectivity index (χ0v) is 23.8. The van der Waals surface area contributed by atoms with Crippen molar-refractivity contribution in [3.63, 3.8) is 0 Å². The SMILES string of the molecule is CC(C)(C)OC(=O)N(CCc1c[nH]c2ccc(OCc3ccccc3)cc12)Cc1cccc(Oc2ccccc2)c1. The first kappa shape index (κ1) is 27.8. The van der Waals surface area contributed by atoms with Crippen molar-refractivity contribution in [2.75, 3.05) is 6.54 Å². The van der Waals surface area contributed by atoms with Gasteiger partial charge >= 0.3 is 6.09 Å². The van der Waals surface area contributed by atoms with Crippen LogP contribution in [-0.2, 0) is 24.3 Å². The highest BCUT2D eigenvalue weighted by Gasteiger charge is 2.23. The molecule has 41 heavy (non-hydrogen) atoms. The molecule has 0 saturated carbocycles. The molecule has 0 unspecified atom stereocenters. The van der Waals surface area contributed by atoms with E-state index >= 15 is 0 Å². The Balaban J connectivity index is 1.30. The fourth-order valence-corrected chi connectivity index (χ4v) is 4.56. The number of fused-ring (bicyclic) bond motifs is 1. The maximum atomic E-state index is 13.3. The van der Waals surface area contributed by atoms with Gasteiger partial charge in [-0.25, -0.2) is 4.79 Å². The second-order valence-corrected chi connectivity index (χ2v) is 11.0. The van der Waals surface area contributed by atoms with Crippen molar-refractivity contribution in [1.82, 2.24) is 9.88 Å². The average molecular weight is 549 g/mol. The fraction of sp³-hybridized carbons (Fsp3) is 0.229. The highest BCUT2D eigenvalue weighted by Crippen LogP contribution is 2.26.